The van der Waals surface area contributed by atoms with Crippen molar-refractivity contribution in [2.24, 2.45) is 16.1 Å². The molecule has 1 aromatic rings. The summed E-state index contributed by atoms with van der Waals surface area (Å²) in [5, 5.41) is 4.96. The number of hydrogen-bond donors (Lipinski definition) is 2. The van der Waals surface area contributed by atoms with E-state index < -0.39 is 6.04 Å². The average molecular weight is 590 g/mol. The highest BCUT2D eigenvalue weighted by molar-refractivity contribution is 7.09. The van der Waals surface area contributed by atoms with Crippen molar-refractivity contribution in [2.75, 3.05) is 41.0 Å². The van der Waals surface area contributed by atoms with Gasteiger partial charge in [-0.1, -0.05) is 32.6 Å². The molecule has 10 heteroatoms. The molecule has 0 spiro atoms. The third-order valence-corrected chi connectivity index (χ3v) is 7.13. The third-order valence-electron chi connectivity index (χ3n) is 6.26. The molecule has 2 atom stereocenters. The van der Waals surface area contributed by atoms with Crippen LogP contribution in [0.25, 0.3) is 5.57 Å². The molecule has 1 aliphatic heterocycles. The van der Waals surface area contributed by atoms with Crippen LogP contribution in [0.15, 0.2) is 52.0 Å². The fourth-order valence-electron chi connectivity index (χ4n) is 3.95. The molecule has 3 N–H and O–H groups in total. The predicted molar refractivity (Wildman–Crippen MR) is 172 cm³/mol. The van der Waals surface area contributed by atoms with E-state index in [9.17, 15) is 4.79 Å². The van der Waals surface area contributed by atoms with Crippen molar-refractivity contribution in [3.05, 3.63) is 57.7 Å². The van der Waals surface area contributed by atoms with Gasteiger partial charge in [0.05, 0.1) is 35.2 Å². The molecule has 0 aliphatic carbocycles. The van der Waals surface area contributed by atoms with E-state index in [-0.39, 0.29) is 11.5 Å². The lowest BCUT2D eigenvalue weighted by molar-refractivity contribution is -0.108. The normalized spacial score (nSPS) is 16.4. The van der Waals surface area contributed by atoms with Gasteiger partial charge in [-0.05, 0) is 68.0 Å². The number of methoxy groups -OCH3 is 2. The van der Waals surface area contributed by atoms with Crippen LogP contribution in [0.1, 0.15) is 57.7 Å². The Morgan fingerprint density at radius 3 is 2.49 bits per heavy atom. The number of nitrogens with one attached hydrogen (secondary N) is 1. The van der Waals surface area contributed by atoms with Crippen LogP contribution in [0, 0.1) is 5.41 Å². The molecule has 9 nitrogen and oxygen atoms in total. The Bertz CT molecular complexity index is 1030. The first kappa shape index (κ1) is 38.4. The summed E-state index contributed by atoms with van der Waals surface area (Å²) in [4.78, 5) is 27.5. The fourth-order valence-corrected chi connectivity index (χ4v) is 4.87. The monoisotopic (exact) mass is 589 g/mol. The Balaban J connectivity index is 0.00000151. The van der Waals surface area contributed by atoms with Gasteiger partial charge in [0.1, 0.15) is 13.1 Å². The van der Waals surface area contributed by atoms with E-state index in [0.717, 1.165) is 52.4 Å². The van der Waals surface area contributed by atoms with Crippen molar-refractivity contribution in [1.82, 2.24) is 15.4 Å². The molecular weight excluding hydrogens is 538 g/mol. The van der Waals surface area contributed by atoms with Crippen LogP contribution < -0.4 is 11.2 Å². The first-order chi connectivity index (χ1) is 19.5. The Morgan fingerprint density at radius 1 is 1.32 bits per heavy atom. The predicted octanol–water partition coefficient (Wildman–Crippen LogP) is 4.81. The molecule has 1 aliphatic rings. The maximum atomic E-state index is 10.8. The first-order valence-corrected chi connectivity index (χ1v) is 14.5. The summed E-state index contributed by atoms with van der Waals surface area (Å²) in [6.07, 6.45) is 10.5. The highest BCUT2D eigenvalue weighted by Crippen LogP contribution is 2.31. The Morgan fingerprint density at radius 2 is 2.00 bits per heavy atom. The summed E-state index contributed by atoms with van der Waals surface area (Å²) < 4.78 is 10.8. The van der Waals surface area contributed by atoms with Gasteiger partial charge in [0.15, 0.2) is 0 Å². The zero-order valence-corrected chi connectivity index (χ0v) is 26.9. The van der Waals surface area contributed by atoms with Crippen molar-refractivity contribution in [2.45, 2.75) is 65.5 Å². The summed E-state index contributed by atoms with van der Waals surface area (Å²) in [6.45, 7) is 21.2. The maximum absolute atomic E-state index is 10.8. The Kier molecular flexibility index (Phi) is 19.8. The molecule has 0 amide bonds. The van der Waals surface area contributed by atoms with Crippen LogP contribution in [-0.2, 0) is 25.5 Å². The number of aliphatic imine (C=N–C) groups is 1. The van der Waals surface area contributed by atoms with Crippen LogP contribution in [0.4, 0.5) is 0 Å². The molecule has 230 valence electrons. The number of carbonyl (C=O) groups is 2. The standard InChI is InChI=1S/C25H37N3O3S.C5H12N2.CH2O/c1-17(11-18(2)23-15-32-24(28-23)12-21(26)14-29)20(13-25(4,5)16-30-7)9-10-22(27-6)19(3)31-8;1-7-5-3-2-4-6-7;1-2/h9-11,14-15,19,21H,1,6,12-13,16,26H2,2-5,7-8H3;6H,2-5H2,1H3;1H2/b18-11+,20-9+,22-10+;;. The zero-order chi connectivity index (χ0) is 31.4. The van der Waals surface area contributed by atoms with E-state index in [4.69, 9.17) is 20.0 Å². The summed E-state index contributed by atoms with van der Waals surface area (Å²) in [7, 11) is 5.44. The van der Waals surface area contributed by atoms with Gasteiger partial charge in [0, 0.05) is 46.2 Å². The van der Waals surface area contributed by atoms with E-state index in [1.54, 1.807) is 14.2 Å². The number of rotatable bonds is 14. The molecule has 1 aromatic heterocycles. The van der Waals surface area contributed by atoms with Crippen molar-refractivity contribution in [3.63, 3.8) is 0 Å². The van der Waals surface area contributed by atoms with Crippen molar-refractivity contribution < 1.29 is 19.1 Å². The number of hydrazine groups is 1. The SMILES string of the molecule is C=N/C(=C/C=C(\CC(C)(C)COC)C(=C)/C=C(\C)c1csc(CC(N)C=O)n1)C(C)OC.C=O.CN1CCCCN1. The number of carbonyl (C=O) groups excluding carboxylic acids is 2. The Labute approximate surface area is 251 Å². The Hall–Kier alpha value is -2.60. The van der Waals surface area contributed by atoms with Gasteiger partial charge in [-0.2, -0.15) is 0 Å². The molecular formula is C31H51N5O4S. The largest absolute Gasteiger partial charge is 0.384 e. The minimum Gasteiger partial charge on any atom is -0.384 e. The van der Waals surface area contributed by atoms with Crippen LogP contribution in [0.5, 0.6) is 0 Å². The van der Waals surface area contributed by atoms with E-state index >= 15 is 0 Å². The van der Waals surface area contributed by atoms with E-state index in [1.165, 1.54) is 30.7 Å². The number of nitrogens with zero attached hydrogens (tertiary/aromatic N) is 3. The van der Waals surface area contributed by atoms with Crippen LogP contribution in [-0.4, -0.2) is 82.9 Å². The van der Waals surface area contributed by atoms with Gasteiger partial charge < -0.3 is 24.8 Å². The molecule has 1 saturated heterocycles. The zero-order valence-electron chi connectivity index (χ0n) is 26.1. The number of ether oxygens (including phenoxy) is 2. The number of nitrogens with two attached hydrogens (primary N) is 1. The summed E-state index contributed by atoms with van der Waals surface area (Å²) >= 11 is 1.50. The topological polar surface area (TPSA) is 119 Å². The summed E-state index contributed by atoms with van der Waals surface area (Å²) in [6, 6.07) is -0.528. The minimum atomic E-state index is -0.528. The highest BCUT2D eigenvalue weighted by atomic mass is 32.1. The van der Waals surface area contributed by atoms with Crippen LogP contribution >= 0.6 is 11.3 Å². The second-order valence-corrected chi connectivity index (χ2v) is 11.6. The molecule has 0 bridgehead atoms. The van der Waals surface area contributed by atoms with Gasteiger partial charge in [-0.15, -0.1) is 11.3 Å². The second kappa shape index (κ2) is 21.2. The van der Waals surface area contributed by atoms with E-state index in [0.29, 0.717) is 13.0 Å². The number of aldehydes is 1. The third kappa shape index (κ3) is 15.8. The van der Waals surface area contributed by atoms with E-state index in [2.05, 4.69) is 54.6 Å². The molecule has 0 radical (unpaired) electrons. The first-order valence-electron chi connectivity index (χ1n) is 13.6. The van der Waals surface area contributed by atoms with Gasteiger partial charge >= 0.3 is 0 Å². The van der Waals surface area contributed by atoms with Gasteiger partial charge in [-0.3, -0.25) is 10.4 Å². The van der Waals surface area contributed by atoms with Gasteiger partial charge in [0.2, 0.25) is 0 Å². The summed E-state index contributed by atoms with van der Waals surface area (Å²) in [5.74, 6) is 0. The molecule has 0 aromatic carbocycles. The minimum absolute atomic E-state index is 0.0769. The number of aromatic nitrogens is 1. The lowest BCUT2D eigenvalue weighted by Gasteiger charge is -2.25. The lowest BCUT2D eigenvalue weighted by atomic mass is 9.83. The van der Waals surface area contributed by atoms with Crippen LogP contribution in [0.2, 0.25) is 0 Å². The van der Waals surface area contributed by atoms with Crippen molar-refractivity contribution in [3.8, 4) is 0 Å². The molecule has 2 unspecified atom stereocenters. The molecule has 0 saturated carbocycles. The van der Waals surface area contributed by atoms with Crippen molar-refractivity contribution >= 4 is 36.7 Å². The maximum Gasteiger partial charge on any atom is 0.137 e. The lowest BCUT2D eigenvalue weighted by Crippen LogP contribution is -2.39. The molecule has 41 heavy (non-hydrogen) atoms. The van der Waals surface area contributed by atoms with Crippen molar-refractivity contribution in [1.29, 1.82) is 0 Å². The number of thiazole rings is 1. The smallest absolute Gasteiger partial charge is 0.137 e. The van der Waals surface area contributed by atoms with E-state index in [1.807, 2.05) is 44.2 Å². The molecule has 2 heterocycles. The number of allylic oxidation sites excluding steroid dienone is 6. The highest BCUT2D eigenvalue weighted by Gasteiger charge is 2.21. The van der Waals surface area contributed by atoms with Crippen LogP contribution in [0.3, 0.4) is 0 Å². The quantitative estimate of drug-likeness (QED) is 0.180. The average Bonchev–Trinajstić information content (AvgIpc) is 3.42. The molecule has 1 fully saturated rings. The fraction of sp³-hybridized carbons (Fsp3) is 0.548. The second-order valence-electron chi connectivity index (χ2n) is 10.6. The van der Waals surface area contributed by atoms with Gasteiger partial charge in [-0.25, -0.2) is 9.99 Å². The van der Waals surface area contributed by atoms with Gasteiger partial charge in [0.25, 0.3) is 0 Å². The molecule has 2 rings (SSSR count). The summed E-state index contributed by atoms with van der Waals surface area (Å²) in [5.41, 5.74) is 13.4. The number of hydrogen-bond acceptors (Lipinski definition) is 10.